The average Bonchev–Trinajstić information content (AvgIpc) is 2.27. The summed E-state index contributed by atoms with van der Waals surface area (Å²) in [6, 6.07) is 5.15. The van der Waals surface area contributed by atoms with Crippen molar-refractivity contribution in [2.24, 2.45) is 0 Å². The van der Waals surface area contributed by atoms with Gasteiger partial charge in [0.1, 0.15) is 5.82 Å². The van der Waals surface area contributed by atoms with Crippen molar-refractivity contribution in [2.45, 2.75) is 32.4 Å². The molecule has 1 aromatic rings. The molecule has 1 N–H and O–H groups in total. The molecule has 0 aromatic heterocycles. The number of halogens is 2. The van der Waals surface area contributed by atoms with E-state index in [4.69, 9.17) is 0 Å². The van der Waals surface area contributed by atoms with E-state index in [2.05, 4.69) is 34.7 Å². The lowest BCUT2D eigenvalue weighted by molar-refractivity contribution is 0.515. The van der Waals surface area contributed by atoms with Crippen molar-refractivity contribution in [1.82, 2.24) is 5.32 Å². The largest absolute Gasteiger partial charge is 0.310 e. The molecule has 1 nitrogen and oxygen atoms in total. The molecule has 0 radical (unpaired) electrons. The third-order valence-electron chi connectivity index (χ3n) is 2.45. The zero-order valence-corrected chi connectivity index (χ0v) is 11.1. The summed E-state index contributed by atoms with van der Waals surface area (Å²) < 4.78 is 14.0. The molecule has 1 unspecified atom stereocenters. The summed E-state index contributed by atoms with van der Waals surface area (Å²) in [6.07, 6.45) is 3.96. The Morgan fingerprint density at radius 3 is 3.00 bits per heavy atom. The molecule has 0 aliphatic rings. The van der Waals surface area contributed by atoms with Crippen molar-refractivity contribution in [3.05, 3.63) is 46.7 Å². The lowest BCUT2D eigenvalue weighted by atomic mass is 10.1. The molecule has 0 saturated heterocycles. The fraction of sp³-hybridized carbons (Fsp3) is 0.385. The van der Waals surface area contributed by atoms with Crippen molar-refractivity contribution in [2.75, 3.05) is 0 Å². The van der Waals surface area contributed by atoms with E-state index in [-0.39, 0.29) is 5.82 Å². The summed E-state index contributed by atoms with van der Waals surface area (Å²) in [6.45, 7) is 6.49. The zero-order chi connectivity index (χ0) is 12.0. The molecule has 1 rings (SSSR count). The fourth-order valence-corrected chi connectivity index (χ4v) is 1.82. The van der Waals surface area contributed by atoms with E-state index in [1.54, 1.807) is 12.1 Å². The SMILES string of the molecule is C=CCCC(C)NCc1cc(F)ccc1Br. The quantitative estimate of drug-likeness (QED) is 0.778. The molecule has 88 valence electrons. The summed E-state index contributed by atoms with van der Waals surface area (Å²) in [5.41, 5.74) is 0.949. The van der Waals surface area contributed by atoms with Gasteiger partial charge in [-0.3, -0.25) is 0 Å². The van der Waals surface area contributed by atoms with E-state index in [9.17, 15) is 4.39 Å². The van der Waals surface area contributed by atoms with E-state index in [0.717, 1.165) is 22.9 Å². The highest BCUT2D eigenvalue weighted by Crippen LogP contribution is 2.17. The molecule has 3 heteroatoms. The van der Waals surface area contributed by atoms with Crippen molar-refractivity contribution >= 4 is 15.9 Å². The van der Waals surface area contributed by atoms with Crippen LogP contribution in [0.3, 0.4) is 0 Å². The predicted octanol–water partition coefficient (Wildman–Crippen LogP) is 4.03. The third kappa shape index (κ3) is 4.45. The molecule has 0 spiro atoms. The van der Waals surface area contributed by atoms with Crippen LogP contribution in [0.15, 0.2) is 35.3 Å². The fourth-order valence-electron chi connectivity index (χ4n) is 1.43. The molecular weight excluding hydrogens is 269 g/mol. The van der Waals surface area contributed by atoms with Gasteiger partial charge < -0.3 is 5.32 Å². The molecule has 1 atom stereocenters. The summed E-state index contributed by atoms with van der Waals surface area (Å²) >= 11 is 3.41. The summed E-state index contributed by atoms with van der Waals surface area (Å²) in [5.74, 6) is -0.196. The highest BCUT2D eigenvalue weighted by molar-refractivity contribution is 9.10. The first kappa shape index (κ1) is 13.4. The predicted molar refractivity (Wildman–Crippen MR) is 69.8 cm³/mol. The van der Waals surface area contributed by atoms with Gasteiger partial charge in [-0.05, 0) is 43.5 Å². The highest BCUT2D eigenvalue weighted by atomic mass is 79.9. The van der Waals surface area contributed by atoms with Crippen LogP contribution < -0.4 is 5.32 Å². The van der Waals surface area contributed by atoms with E-state index in [1.807, 2.05) is 6.08 Å². The normalized spacial score (nSPS) is 12.4. The van der Waals surface area contributed by atoms with Gasteiger partial charge in [-0.2, -0.15) is 0 Å². The van der Waals surface area contributed by atoms with Crippen LogP contribution in [-0.2, 0) is 6.54 Å². The van der Waals surface area contributed by atoms with E-state index >= 15 is 0 Å². The summed E-state index contributed by atoms with van der Waals surface area (Å²) in [4.78, 5) is 0. The van der Waals surface area contributed by atoms with Gasteiger partial charge >= 0.3 is 0 Å². The lowest BCUT2D eigenvalue weighted by Gasteiger charge is -2.13. The maximum Gasteiger partial charge on any atom is 0.123 e. The second-order valence-electron chi connectivity index (χ2n) is 3.88. The Hall–Kier alpha value is -0.670. The van der Waals surface area contributed by atoms with Crippen LogP contribution in [0, 0.1) is 5.82 Å². The van der Waals surface area contributed by atoms with Crippen LogP contribution in [0.1, 0.15) is 25.3 Å². The smallest absolute Gasteiger partial charge is 0.123 e. The second-order valence-corrected chi connectivity index (χ2v) is 4.74. The number of nitrogens with one attached hydrogen (secondary N) is 1. The first-order valence-electron chi connectivity index (χ1n) is 5.41. The van der Waals surface area contributed by atoms with Gasteiger partial charge in [0.25, 0.3) is 0 Å². The topological polar surface area (TPSA) is 12.0 Å². The van der Waals surface area contributed by atoms with Gasteiger partial charge in [0.05, 0.1) is 0 Å². The Morgan fingerprint density at radius 1 is 1.56 bits per heavy atom. The molecule has 0 aliphatic carbocycles. The molecule has 0 fully saturated rings. The molecule has 0 amide bonds. The Balaban J connectivity index is 2.47. The number of benzene rings is 1. The average molecular weight is 286 g/mol. The summed E-state index contributed by atoms with van der Waals surface area (Å²) in [5, 5.41) is 3.36. The van der Waals surface area contributed by atoms with Gasteiger partial charge in [0.2, 0.25) is 0 Å². The van der Waals surface area contributed by atoms with Crippen LogP contribution in [-0.4, -0.2) is 6.04 Å². The number of hydrogen-bond acceptors (Lipinski definition) is 1. The van der Waals surface area contributed by atoms with E-state index < -0.39 is 0 Å². The van der Waals surface area contributed by atoms with Gasteiger partial charge in [-0.1, -0.05) is 22.0 Å². The maximum absolute atomic E-state index is 13.0. The first-order chi connectivity index (χ1) is 7.63. The molecule has 0 aliphatic heterocycles. The van der Waals surface area contributed by atoms with E-state index in [0.29, 0.717) is 12.6 Å². The minimum atomic E-state index is -0.196. The Kier molecular flexibility index (Phi) is 5.71. The van der Waals surface area contributed by atoms with Crippen LogP contribution in [0.5, 0.6) is 0 Å². The molecule has 0 bridgehead atoms. The van der Waals surface area contributed by atoms with Crippen LogP contribution >= 0.6 is 15.9 Å². The lowest BCUT2D eigenvalue weighted by Crippen LogP contribution is -2.25. The number of hydrogen-bond donors (Lipinski definition) is 1. The van der Waals surface area contributed by atoms with Crippen LogP contribution in [0.2, 0.25) is 0 Å². The molecule has 16 heavy (non-hydrogen) atoms. The second kappa shape index (κ2) is 6.81. The van der Waals surface area contributed by atoms with Gasteiger partial charge in [0.15, 0.2) is 0 Å². The molecule has 1 aromatic carbocycles. The van der Waals surface area contributed by atoms with Gasteiger partial charge in [-0.15, -0.1) is 6.58 Å². The molecular formula is C13H17BrFN. The van der Waals surface area contributed by atoms with E-state index in [1.165, 1.54) is 6.07 Å². The van der Waals surface area contributed by atoms with Crippen molar-refractivity contribution in [1.29, 1.82) is 0 Å². The number of rotatable bonds is 6. The summed E-state index contributed by atoms with van der Waals surface area (Å²) in [7, 11) is 0. The first-order valence-corrected chi connectivity index (χ1v) is 6.21. The number of allylic oxidation sites excluding steroid dienone is 1. The Labute approximate surface area is 105 Å². The molecule has 0 heterocycles. The molecule has 0 saturated carbocycles. The van der Waals surface area contributed by atoms with Crippen molar-refractivity contribution in [3.63, 3.8) is 0 Å². The third-order valence-corrected chi connectivity index (χ3v) is 3.23. The zero-order valence-electron chi connectivity index (χ0n) is 9.47. The Morgan fingerprint density at radius 2 is 2.31 bits per heavy atom. The minimum absolute atomic E-state index is 0.196. The minimum Gasteiger partial charge on any atom is -0.310 e. The highest BCUT2D eigenvalue weighted by Gasteiger charge is 2.04. The standard InChI is InChI=1S/C13H17BrFN/c1-3-4-5-10(2)16-9-11-8-12(15)6-7-13(11)14/h3,6-8,10,16H,1,4-5,9H2,2H3. The van der Waals surface area contributed by atoms with Crippen LogP contribution in [0.4, 0.5) is 4.39 Å². The maximum atomic E-state index is 13.0. The van der Waals surface area contributed by atoms with Gasteiger partial charge in [-0.25, -0.2) is 4.39 Å². The monoisotopic (exact) mass is 285 g/mol. The van der Waals surface area contributed by atoms with Crippen molar-refractivity contribution in [3.8, 4) is 0 Å². The Bertz CT molecular complexity index is 352. The van der Waals surface area contributed by atoms with Crippen LogP contribution in [0.25, 0.3) is 0 Å². The van der Waals surface area contributed by atoms with Gasteiger partial charge in [0, 0.05) is 17.1 Å². The van der Waals surface area contributed by atoms with Crippen molar-refractivity contribution < 1.29 is 4.39 Å².